The minimum Gasteiger partial charge on any atom is -0.390 e. The van der Waals surface area contributed by atoms with Crippen molar-refractivity contribution >= 4 is 18.5 Å². The maximum atomic E-state index is 9.85. The first-order valence-corrected chi connectivity index (χ1v) is 10.2. The minimum atomic E-state index is -3.21. The Balaban J connectivity index is 1.97. The fourth-order valence-electron chi connectivity index (χ4n) is 2.29. The Morgan fingerprint density at radius 1 is 1.35 bits per heavy atom. The van der Waals surface area contributed by atoms with E-state index >= 15 is 0 Å². The highest BCUT2D eigenvalue weighted by Gasteiger charge is 2.36. The molecule has 2 fully saturated rings. The van der Waals surface area contributed by atoms with Gasteiger partial charge in [-0.3, -0.25) is 0 Å². The van der Waals surface area contributed by atoms with Gasteiger partial charge in [-0.05, 0) is 24.6 Å². The third-order valence-electron chi connectivity index (χ3n) is 3.58. The Hall–Kier alpha value is -0.100. The maximum absolute atomic E-state index is 9.85. The standard InChI is InChI=1S/C14H24NO6PS/c1-2-12-13(5-9-17-12)21-22(23,19-7-3-6-15)20-10-14-11(16)4-8-18-14/h11-14,16H,2-5,7-10H2,1H3/t11-,12-,13-,14-,22?/m1/s1/i8T,9T/t8-,9-,11+,12+,13+,14+,22?/m0. The van der Waals surface area contributed by atoms with Crippen molar-refractivity contribution in [2.45, 2.75) is 57.0 Å². The number of aliphatic hydroxyl groups excluding tert-OH is 1. The smallest absolute Gasteiger partial charge is 0.327 e. The number of ether oxygens (including phenoxy) is 2. The lowest BCUT2D eigenvalue weighted by Crippen LogP contribution is -2.28. The second-order valence-electron chi connectivity index (χ2n) is 5.26. The molecule has 2 aliphatic rings. The normalized spacial score (nSPS) is 41.1. The first-order valence-electron chi connectivity index (χ1n) is 8.80. The van der Waals surface area contributed by atoms with Crippen LogP contribution in [0.2, 0.25) is 0 Å². The number of rotatable bonds is 9. The molecule has 0 aromatic heterocycles. The predicted octanol–water partition coefficient (Wildman–Crippen LogP) is 1.89. The van der Waals surface area contributed by atoms with Crippen LogP contribution in [0.15, 0.2) is 0 Å². The van der Waals surface area contributed by atoms with Gasteiger partial charge in [0.05, 0.1) is 46.8 Å². The van der Waals surface area contributed by atoms with Gasteiger partial charge in [-0.15, -0.1) is 0 Å². The Morgan fingerprint density at radius 3 is 2.74 bits per heavy atom. The van der Waals surface area contributed by atoms with E-state index in [0.29, 0.717) is 12.8 Å². The molecule has 0 aromatic carbocycles. The zero-order valence-corrected chi connectivity index (χ0v) is 14.7. The maximum Gasteiger partial charge on any atom is 0.327 e. The summed E-state index contributed by atoms with van der Waals surface area (Å²) >= 11 is 5.43. The zero-order chi connectivity index (χ0) is 18.4. The van der Waals surface area contributed by atoms with Gasteiger partial charge < -0.3 is 28.2 Å². The van der Waals surface area contributed by atoms with E-state index in [1.165, 1.54) is 0 Å². The van der Waals surface area contributed by atoms with Crippen molar-refractivity contribution in [2.75, 3.05) is 26.4 Å². The largest absolute Gasteiger partial charge is 0.390 e. The summed E-state index contributed by atoms with van der Waals surface area (Å²) in [6, 6.07) is 1.96. The third kappa shape index (κ3) is 5.73. The molecular weight excluding hydrogens is 341 g/mol. The monoisotopic (exact) mass is 369 g/mol. The average Bonchev–Trinajstić information content (AvgIpc) is 3.06. The van der Waals surface area contributed by atoms with Crippen molar-refractivity contribution < 1.29 is 30.9 Å². The van der Waals surface area contributed by atoms with Gasteiger partial charge in [-0.2, -0.15) is 5.26 Å². The van der Waals surface area contributed by atoms with Gasteiger partial charge in [0.1, 0.15) is 6.10 Å². The Labute approximate surface area is 144 Å². The number of nitriles is 1. The topological polar surface area (TPSA) is 90.2 Å². The van der Waals surface area contributed by atoms with Crippen LogP contribution in [0.25, 0.3) is 0 Å². The highest BCUT2D eigenvalue weighted by Crippen LogP contribution is 2.53. The second kappa shape index (κ2) is 9.40. The van der Waals surface area contributed by atoms with Crippen LogP contribution in [0.4, 0.5) is 0 Å². The Bertz CT molecular complexity index is 524. The van der Waals surface area contributed by atoms with E-state index in [0.717, 1.165) is 0 Å². The number of hydrogen-bond acceptors (Lipinski definition) is 8. The molecule has 0 saturated carbocycles. The molecule has 0 amide bonds. The van der Waals surface area contributed by atoms with Crippen LogP contribution in [-0.2, 0) is 34.9 Å². The van der Waals surface area contributed by atoms with Gasteiger partial charge in [-0.25, -0.2) is 0 Å². The molecule has 2 heterocycles. The van der Waals surface area contributed by atoms with E-state index in [4.69, 9.17) is 42.9 Å². The molecule has 9 heteroatoms. The summed E-state index contributed by atoms with van der Waals surface area (Å²) < 4.78 is 43.1. The molecule has 23 heavy (non-hydrogen) atoms. The molecule has 7 nitrogen and oxygen atoms in total. The van der Waals surface area contributed by atoms with Crippen LogP contribution >= 0.6 is 6.72 Å². The summed E-state index contributed by atoms with van der Waals surface area (Å²) in [6.07, 6.45) is -0.779. The van der Waals surface area contributed by atoms with Gasteiger partial charge in [0.15, 0.2) is 0 Å². The first-order chi connectivity index (χ1) is 11.9. The number of hydrogen-bond donors (Lipinski definition) is 1. The SMILES string of the molecule is [3H][C@H]1C[C@@H](O)[C@@H](COP(=S)(OCCC#N)O[C@@H]2C[C@H]([3H])O[C@@H]2CC)O1. The summed E-state index contributed by atoms with van der Waals surface area (Å²) in [5.41, 5.74) is 0. The summed E-state index contributed by atoms with van der Waals surface area (Å²) in [5.74, 6) is 0. The van der Waals surface area contributed by atoms with Crippen molar-refractivity contribution in [1.82, 2.24) is 0 Å². The lowest BCUT2D eigenvalue weighted by Gasteiger charge is -2.28. The first kappa shape index (κ1) is 16.4. The molecule has 2 rings (SSSR count). The van der Waals surface area contributed by atoms with Crippen molar-refractivity contribution in [2.24, 2.45) is 0 Å². The Kier molecular flexibility index (Phi) is 6.69. The van der Waals surface area contributed by atoms with Crippen molar-refractivity contribution in [3.8, 4) is 6.07 Å². The van der Waals surface area contributed by atoms with Gasteiger partial charge in [-0.1, -0.05) is 6.92 Å². The van der Waals surface area contributed by atoms with Gasteiger partial charge in [0, 0.05) is 19.6 Å². The predicted molar refractivity (Wildman–Crippen MR) is 86.3 cm³/mol. The molecule has 1 N–H and O–H groups in total. The van der Waals surface area contributed by atoms with Gasteiger partial charge in [0.25, 0.3) is 0 Å². The lowest BCUT2D eigenvalue weighted by atomic mass is 10.1. The number of nitrogens with zero attached hydrogens (tertiary/aromatic N) is 1. The van der Waals surface area contributed by atoms with E-state index in [9.17, 15) is 5.11 Å². The molecule has 0 radical (unpaired) electrons. The number of aliphatic hydroxyl groups is 1. The van der Waals surface area contributed by atoms with Crippen LogP contribution in [0.5, 0.6) is 0 Å². The summed E-state index contributed by atoms with van der Waals surface area (Å²) in [6.45, 7) is -2.75. The van der Waals surface area contributed by atoms with E-state index in [1.54, 1.807) is 0 Å². The molecule has 0 aliphatic carbocycles. The molecule has 0 spiro atoms. The quantitative estimate of drug-likeness (QED) is 0.487. The lowest BCUT2D eigenvalue weighted by molar-refractivity contribution is -0.00558. The van der Waals surface area contributed by atoms with E-state index in [-0.39, 0.29) is 32.2 Å². The van der Waals surface area contributed by atoms with Crippen molar-refractivity contribution in [3.63, 3.8) is 0 Å². The van der Waals surface area contributed by atoms with Crippen LogP contribution in [0, 0.1) is 11.3 Å². The van der Waals surface area contributed by atoms with Gasteiger partial charge >= 0.3 is 6.72 Å². The molecule has 2 saturated heterocycles. The molecule has 132 valence electrons. The molecule has 0 aromatic rings. The highest BCUT2D eigenvalue weighted by atomic mass is 32.5. The van der Waals surface area contributed by atoms with Crippen LogP contribution < -0.4 is 0 Å². The summed E-state index contributed by atoms with van der Waals surface area (Å²) in [7, 11) is 0. The van der Waals surface area contributed by atoms with E-state index < -0.39 is 38.2 Å². The molecule has 0 bridgehead atoms. The molecule has 7 atom stereocenters. The Morgan fingerprint density at radius 2 is 2.09 bits per heavy atom. The van der Waals surface area contributed by atoms with Crippen LogP contribution in [-0.4, -0.2) is 55.9 Å². The van der Waals surface area contributed by atoms with Crippen LogP contribution in [0.3, 0.4) is 0 Å². The van der Waals surface area contributed by atoms with Crippen molar-refractivity contribution in [3.05, 3.63) is 0 Å². The second-order valence-corrected chi connectivity index (χ2v) is 8.22. The fraction of sp³-hybridized carbons (Fsp3) is 0.929. The molecule has 2 aliphatic heterocycles. The fourth-order valence-corrected chi connectivity index (χ4v) is 4.42. The minimum absolute atomic E-state index is 0.0605. The molecular formula is C14H24NO6PS. The van der Waals surface area contributed by atoms with Crippen LogP contribution in [0.1, 0.15) is 35.3 Å². The van der Waals surface area contributed by atoms with Crippen molar-refractivity contribution in [1.29, 1.82) is 5.26 Å². The zero-order valence-electron chi connectivity index (χ0n) is 15.0. The summed E-state index contributed by atoms with van der Waals surface area (Å²) in [4.78, 5) is 0. The third-order valence-corrected chi connectivity index (χ3v) is 5.96. The summed E-state index contributed by atoms with van der Waals surface area (Å²) in [5, 5.41) is 18.5. The molecule has 1 unspecified atom stereocenters. The average molecular weight is 369 g/mol. The van der Waals surface area contributed by atoms with E-state index in [1.807, 2.05) is 13.0 Å². The van der Waals surface area contributed by atoms with Gasteiger partial charge in [0.2, 0.25) is 0 Å². The highest BCUT2D eigenvalue weighted by molar-refractivity contribution is 8.07. The van der Waals surface area contributed by atoms with E-state index in [2.05, 4.69) is 0 Å².